The highest BCUT2D eigenvalue weighted by Gasteiger charge is 2.40. The molecule has 3 nitrogen and oxygen atoms in total. The SMILES string of the molecule is CCCCCCCCC(OCCCS(=O)(=O)CCCBr)C(C)(C)C(C)(C)C. The summed E-state index contributed by atoms with van der Waals surface area (Å²) in [6, 6.07) is 0. The third-order valence-electron chi connectivity index (χ3n) is 6.07. The molecule has 0 aromatic carbocycles. The first-order valence-electron chi connectivity index (χ1n) is 10.9. The molecule has 0 rings (SSSR count). The van der Waals surface area contributed by atoms with Gasteiger partial charge in [-0.25, -0.2) is 8.42 Å². The zero-order chi connectivity index (χ0) is 21.0. The molecule has 0 bridgehead atoms. The van der Waals surface area contributed by atoms with Crippen molar-refractivity contribution in [3.8, 4) is 0 Å². The minimum absolute atomic E-state index is 0.0469. The minimum atomic E-state index is -2.95. The van der Waals surface area contributed by atoms with Crippen LogP contribution in [0.2, 0.25) is 0 Å². The molecule has 0 spiro atoms. The van der Waals surface area contributed by atoms with E-state index in [0.29, 0.717) is 19.4 Å². The molecule has 0 aliphatic rings. The Morgan fingerprint density at radius 1 is 0.852 bits per heavy atom. The Kier molecular flexibility index (Phi) is 13.8. The maximum Gasteiger partial charge on any atom is 0.150 e. The van der Waals surface area contributed by atoms with Crippen LogP contribution in [0, 0.1) is 10.8 Å². The van der Waals surface area contributed by atoms with E-state index in [-0.39, 0.29) is 28.4 Å². The van der Waals surface area contributed by atoms with E-state index in [0.717, 1.165) is 11.8 Å². The number of rotatable bonds is 16. The third kappa shape index (κ3) is 11.9. The van der Waals surface area contributed by atoms with E-state index in [1.165, 1.54) is 38.5 Å². The van der Waals surface area contributed by atoms with Crippen LogP contribution in [-0.2, 0) is 14.6 Å². The van der Waals surface area contributed by atoms with Gasteiger partial charge in [0.1, 0.15) is 9.84 Å². The van der Waals surface area contributed by atoms with Crippen molar-refractivity contribution in [2.24, 2.45) is 10.8 Å². The number of unbranched alkanes of at least 4 members (excludes halogenated alkanes) is 5. The average Bonchev–Trinajstić information content (AvgIpc) is 2.56. The van der Waals surface area contributed by atoms with Gasteiger partial charge in [0.25, 0.3) is 0 Å². The van der Waals surface area contributed by atoms with E-state index in [1.54, 1.807) is 0 Å². The Balaban J connectivity index is 4.55. The molecule has 0 aliphatic carbocycles. The highest BCUT2D eigenvalue weighted by atomic mass is 79.9. The summed E-state index contributed by atoms with van der Waals surface area (Å²) < 4.78 is 30.3. The zero-order valence-corrected chi connectivity index (χ0v) is 21.2. The first-order chi connectivity index (χ1) is 12.5. The Morgan fingerprint density at radius 2 is 1.41 bits per heavy atom. The molecule has 164 valence electrons. The summed E-state index contributed by atoms with van der Waals surface area (Å²) in [4.78, 5) is 0. The Morgan fingerprint density at radius 3 is 1.96 bits per heavy atom. The second-order valence-corrected chi connectivity index (χ2v) is 12.5. The molecule has 0 radical (unpaired) electrons. The van der Waals surface area contributed by atoms with E-state index >= 15 is 0 Å². The van der Waals surface area contributed by atoms with Gasteiger partial charge in [0.05, 0.1) is 17.6 Å². The largest absolute Gasteiger partial charge is 0.378 e. The zero-order valence-electron chi connectivity index (χ0n) is 18.8. The second kappa shape index (κ2) is 13.6. The van der Waals surface area contributed by atoms with Crippen LogP contribution in [0.4, 0.5) is 0 Å². The topological polar surface area (TPSA) is 43.4 Å². The van der Waals surface area contributed by atoms with Crippen LogP contribution in [0.1, 0.15) is 99.3 Å². The van der Waals surface area contributed by atoms with Crippen LogP contribution < -0.4 is 0 Å². The summed E-state index contributed by atoms with van der Waals surface area (Å²) in [5.41, 5.74) is 0.188. The van der Waals surface area contributed by atoms with Gasteiger partial charge in [0.15, 0.2) is 0 Å². The van der Waals surface area contributed by atoms with E-state index < -0.39 is 9.84 Å². The van der Waals surface area contributed by atoms with Crippen LogP contribution in [0.15, 0.2) is 0 Å². The van der Waals surface area contributed by atoms with E-state index in [9.17, 15) is 8.42 Å². The smallest absolute Gasteiger partial charge is 0.150 e. The van der Waals surface area contributed by atoms with Gasteiger partial charge in [-0.05, 0) is 30.1 Å². The number of hydrogen-bond donors (Lipinski definition) is 0. The summed E-state index contributed by atoms with van der Waals surface area (Å²) in [5, 5.41) is 0.739. The van der Waals surface area contributed by atoms with Gasteiger partial charge < -0.3 is 4.74 Å². The van der Waals surface area contributed by atoms with Gasteiger partial charge >= 0.3 is 0 Å². The molecule has 0 N–H and O–H groups in total. The minimum Gasteiger partial charge on any atom is -0.378 e. The number of halogens is 1. The van der Waals surface area contributed by atoms with Crippen molar-refractivity contribution in [1.82, 2.24) is 0 Å². The lowest BCUT2D eigenvalue weighted by atomic mass is 9.65. The van der Waals surface area contributed by atoms with Crippen molar-refractivity contribution in [3.63, 3.8) is 0 Å². The second-order valence-electron chi connectivity index (χ2n) is 9.44. The molecule has 0 heterocycles. The quantitative estimate of drug-likeness (QED) is 0.185. The van der Waals surface area contributed by atoms with Crippen molar-refractivity contribution in [1.29, 1.82) is 0 Å². The van der Waals surface area contributed by atoms with E-state index in [2.05, 4.69) is 57.5 Å². The van der Waals surface area contributed by atoms with Crippen molar-refractivity contribution >= 4 is 25.8 Å². The van der Waals surface area contributed by atoms with Gasteiger partial charge in [-0.15, -0.1) is 0 Å². The predicted octanol–water partition coefficient (Wildman–Crippen LogP) is 6.78. The lowest BCUT2D eigenvalue weighted by Crippen LogP contribution is -2.42. The molecule has 5 heteroatoms. The Bertz CT molecular complexity index is 466. The van der Waals surface area contributed by atoms with Crippen LogP contribution in [0.5, 0.6) is 0 Å². The lowest BCUT2D eigenvalue weighted by Gasteiger charge is -2.45. The molecule has 1 unspecified atom stereocenters. The molecule has 0 aromatic rings. The molecular formula is C22H45BrO3S. The molecule has 0 aromatic heterocycles. The third-order valence-corrected chi connectivity index (χ3v) is 8.45. The molecule has 27 heavy (non-hydrogen) atoms. The van der Waals surface area contributed by atoms with Crippen molar-refractivity contribution < 1.29 is 13.2 Å². The first kappa shape index (κ1) is 27.4. The van der Waals surface area contributed by atoms with Crippen molar-refractivity contribution in [2.75, 3.05) is 23.4 Å². The lowest BCUT2D eigenvalue weighted by molar-refractivity contribution is -0.0800. The fraction of sp³-hybridized carbons (Fsp3) is 1.00. The highest BCUT2D eigenvalue weighted by Crippen LogP contribution is 2.43. The maximum absolute atomic E-state index is 12.0. The number of hydrogen-bond acceptors (Lipinski definition) is 3. The average molecular weight is 470 g/mol. The summed E-state index contributed by atoms with van der Waals surface area (Å²) in [6.07, 6.45) is 10.2. The van der Waals surface area contributed by atoms with E-state index in [4.69, 9.17) is 4.74 Å². The monoisotopic (exact) mass is 468 g/mol. The molecule has 0 saturated carbocycles. The standard InChI is InChI=1S/C22H45BrO3S/c1-7-8-9-10-11-12-15-20(22(5,6)21(2,3)4)26-17-14-19-27(24,25)18-13-16-23/h20H,7-19H2,1-6H3. The summed E-state index contributed by atoms with van der Waals surface area (Å²) in [6.45, 7) is 14.2. The molecule has 0 saturated heterocycles. The van der Waals surface area contributed by atoms with Gasteiger partial charge in [-0.1, -0.05) is 96.0 Å². The molecule has 0 fully saturated rings. The molecule has 1 atom stereocenters. The van der Waals surface area contributed by atoms with Crippen molar-refractivity contribution in [2.45, 2.75) is 105 Å². The molecular weight excluding hydrogens is 424 g/mol. The van der Waals surface area contributed by atoms with Crippen LogP contribution in [-0.4, -0.2) is 38.0 Å². The summed E-state index contributed by atoms with van der Waals surface area (Å²) in [7, 11) is -2.95. The van der Waals surface area contributed by atoms with E-state index in [1.807, 2.05) is 0 Å². The van der Waals surface area contributed by atoms with Crippen LogP contribution in [0.3, 0.4) is 0 Å². The molecule has 0 amide bonds. The van der Waals surface area contributed by atoms with Crippen LogP contribution >= 0.6 is 15.9 Å². The fourth-order valence-corrected chi connectivity index (χ4v) is 5.12. The number of ether oxygens (including phenoxy) is 1. The number of sulfone groups is 1. The summed E-state index contributed by atoms with van der Waals surface area (Å²) in [5.74, 6) is 0.507. The van der Waals surface area contributed by atoms with Gasteiger partial charge in [-0.2, -0.15) is 0 Å². The predicted molar refractivity (Wildman–Crippen MR) is 123 cm³/mol. The maximum atomic E-state index is 12.0. The molecule has 0 aliphatic heterocycles. The summed E-state index contributed by atoms with van der Waals surface area (Å²) >= 11 is 3.30. The number of alkyl halides is 1. The van der Waals surface area contributed by atoms with Gasteiger partial charge in [0, 0.05) is 11.9 Å². The normalized spacial score (nSPS) is 14.5. The van der Waals surface area contributed by atoms with Crippen molar-refractivity contribution in [3.05, 3.63) is 0 Å². The Labute approximate surface area is 178 Å². The van der Waals surface area contributed by atoms with Gasteiger partial charge in [-0.3, -0.25) is 0 Å². The van der Waals surface area contributed by atoms with Gasteiger partial charge in [0.2, 0.25) is 0 Å². The highest BCUT2D eigenvalue weighted by molar-refractivity contribution is 9.09. The first-order valence-corrected chi connectivity index (χ1v) is 13.8. The fourth-order valence-electron chi connectivity index (χ4n) is 3.13. The van der Waals surface area contributed by atoms with Crippen LogP contribution in [0.25, 0.3) is 0 Å². The Hall–Kier alpha value is 0.390.